The molecule has 0 bridgehead atoms. The lowest BCUT2D eigenvalue weighted by Gasteiger charge is -2.31. The van der Waals surface area contributed by atoms with Crippen LogP contribution >= 0.6 is 21.6 Å². The zero-order chi connectivity index (χ0) is 55.1. The molecule has 2 saturated heterocycles. The largest absolute Gasteiger partial charge is 0.508 e. The maximum absolute atomic E-state index is 14.5. The zero-order valence-electron chi connectivity index (χ0n) is 41.4. The molecule has 1 aromatic rings. The topological polar surface area (TPSA) is 437 Å². The van der Waals surface area contributed by atoms with Crippen LogP contribution in [0.25, 0.3) is 0 Å². The molecule has 2 fully saturated rings. The Morgan fingerprint density at radius 3 is 1.92 bits per heavy atom. The predicted molar refractivity (Wildman–Crippen MR) is 268 cm³/mol. The highest BCUT2D eigenvalue weighted by Crippen LogP contribution is 2.26. The number of aliphatic carboxylic acids is 1. The van der Waals surface area contributed by atoms with Crippen LogP contribution in [0.4, 0.5) is 0 Å². The molecule has 406 valence electrons. The number of carboxylic acid groups (broad SMARTS) is 1. The van der Waals surface area contributed by atoms with Gasteiger partial charge in [0.15, 0.2) is 0 Å². The summed E-state index contributed by atoms with van der Waals surface area (Å²) in [6, 6.07) is -5.06. The summed E-state index contributed by atoms with van der Waals surface area (Å²) in [7, 11) is 2.05. The molecule has 3 rings (SSSR count). The number of nitrogens with two attached hydrogens (primary N) is 4. The number of aromatic hydroxyl groups is 1. The second kappa shape index (κ2) is 31.0. The summed E-state index contributed by atoms with van der Waals surface area (Å²) in [5, 5.41) is 35.1. The number of hydrogen-bond acceptors (Lipinski definition) is 16. The second-order valence-electron chi connectivity index (χ2n) is 17.6. The SMILES string of the molecule is CC(=O)O.CC[C@H](C)[C@@H]1NC(=O)C(Cc2ccc(O)cc2)NC(=O)[C@@H](N)CSSCC(C(=O)N2CCC[C@H]2C(=O)N[C@H](C(=O)NCC(N)=O)[C@@H](C)CC)NC(=O)[C@H](CC(N)=O)NC(=O)C(CCC(N)=O)NC1=O. The minimum absolute atomic E-state index is 0.0468. The zero-order valence-corrected chi connectivity index (χ0v) is 43.1. The van der Waals surface area contributed by atoms with Gasteiger partial charge >= 0.3 is 0 Å². The average Bonchev–Trinajstić information content (AvgIpc) is 3.83. The lowest BCUT2D eigenvalue weighted by molar-refractivity contribution is -0.142. The van der Waals surface area contributed by atoms with Gasteiger partial charge < -0.3 is 75.3 Å². The first kappa shape index (κ1) is 62.4. The van der Waals surface area contributed by atoms with Gasteiger partial charge in [-0.3, -0.25) is 57.5 Å². The molecule has 2 aliphatic rings. The van der Waals surface area contributed by atoms with Gasteiger partial charge in [-0.25, -0.2) is 0 Å². The highest BCUT2D eigenvalue weighted by molar-refractivity contribution is 8.76. The van der Waals surface area contributed by atoms with Crippen LogP contribution in [0, 0.1) is 11.8 Å². The first-order valence-corrected chi connectivity index (χ1v) is 26.0. The molecule has 3 unspecified atom stereocenters. The van der Waals surface area contributed by atoms with Crippen molar-refractivity contribution >= 4 is 92.5 Å². The molecule has 26 nitrogen and oxygen atoms in total. The number of carbonyl (C=O) groups is 12. The summed E-state index contributed by atoms with van der Waals surface area (Å²) >= 11 is 0. The number of carboxylic acids is 1. The molecule has 17 N–H and O–H groups in total. The number of phenols is 1. The Balaban J connectivity index is 0.00000439. The minimum Gasteiger partial charge on any atom is -0.508 e. The van der Waals surface area contributed by atoms with E-state index in [4.69, 9.17) is 32.8 Å². The molecule has 10 atom stereocenters. The van der Waals surface area contributed by atoms with Crippen LogP contribution in [0.2, 0.25) is 0 Å². The quantitative estimate of drug-likeness (QED) is 0.0673. The van der Waals surface area contributed by atoms with Gasteiger partial charge in [0.05, 0.1) is 19.0 Å². The molecule has 0 aromatic heterocycles. The van der Waals surface area contributed by atoms with Crippen molar-refractivity contribution < 1.29 is 67.7 Å². The summed E-state index contributed by atoms with van der Waals surface area (Å²) < 4.78 is 0. The van der Waals surface area contributed by atoms with E-state index in [2.05, 4.69) is 37.2 Å². The van der Waals surface area contributed by atoms with Crippen molar-refractivity contribution in [1.29, 1.82) is 0 Å². The third-order valence-electron chi connectivity index (χ3n) is 11.7. The van der Waals surface area contributed by atoms with Crippen LogP contribution in [0.15, 0.2) is 24.3 Å². The molecule has 1 aromatic carbocycles. The van der Waals surface area contributed by atoms with E-state index in [9.17, 15) is 57.8 Å². The monoisotopic (exact) mass is 1070 g/mol. The van der Waals surface area contributed by atoms with Gasteiger partial charge in [0.1, 0.15) is 48.0 Å². The van der Waals surface area contributed by atoms with E-state index in [-0.39, 0.29) is 36.6 Å². The Hall–Kier alpha value is -6.68. The number of carbonyl (C=O) groups excluding carboxylic acids is 11. The lowest BCUT2D eigenvalue weighted by atomic mass is 9.96. The number of hydrogen-bond donors (Lipinski definition) is 13. The lowest BCUT2D eigenvalue weighted by Crippen LogP contribution is -2.61. The van der Waals surface area contributed by atoms with E-state index in [1.807, 2.05) is 0 Å². The summed E-state index contributed by atoms with van der Waals surface area (Å²) in [6.07, 6.45) is -0.421. The number of benzene rings is 1. The van der Waals surface area contributed by atoms with Gasteiger partial charge in [-0.15, -0.1) is 0 Å². The molecule has 0 spiro atoms. The van der Waals surface area contributed by atoms with Gasteiger partial charge in [-0.1, -0.05) is 74.3 Å². The van der Waals surface area contributed by atoms with Gasteiger partial charge in [-0.2, -0.15) is 0 Å². The van der Waals surface area contributed by atoms with Crippen molar-refractivity contribution in [3.05, 3.63) is 29.8 Å². The number of phenolic OH excluding ortho intramolecular Hbond substituents is 1. The fraction of sp³-hybridized carbons (Fsp3) is 0.600. The van der Waals surface area contributed by atoms with E-state index < -0.39 is 157 Å². The minimum atomic E-state index is -1.75. The molecule has 11 amide bonds. The first-order valence-electron chi connectivity index (χ1n) is 23.5. The van der Waals surface area contributed by atoms with Crippen molar-refractivity contribution in [3.8, 4) is 5.75 Å². The number of nitrogens with one attached hydrogen (secondary N) is 7. The Morgan fingerprint density at radius 2 is 1.34 bits per heavy atom. The highest BCUT2D eigenvalue weighted by atomic mass is 33.1. The fourth-order valence-electron chi connectivity index (χ4n) is 7.31. The van der Waals surface area contributed by atoms with E-state index >= 15 is 0 Å². The summed E-state index contributed by atoms with van der Waals surface area (Å²) in [5.74, 6) is -11.5. The molecule has 28 heteroatoms. The van der Waals surface area contributed by atoms with Crippen LogP contribution < -0.4 is 60.2 Å². The summed E-state index contributed by atoms with van der Waals surface area (Å²) in [6.45, 7) is 7.56. The van der Waals surface area contributed by atoms with Gasteiger partial charge in [0.2, 0.25) is 65.0 Å². The molecule has 2 aliphatic heterocycles. The third-order valence-corrected chi connectivity index (χ3v) is 14.2. The Bertz CT molecular complexity index is 2150. The number of likely N-dealkylation sites (tertiary alicyclic amines) is 1. The molecule has 0 radical (unpaired) electrons. The molecular weight excluding hydrogens is 997 g/mol. The normalized spacial score (nSPS) is 23.7. The van der Waals surface area contributed by atoms with Crippen molar-refractivity contribution in [2.75, 3.05) is 24.6 Å². The van der Waals surface area contributed by atoms with Crippen LogP contribution in [0.1, 0.15) is 85.1 Å². The smallest absolute Gasteiger partial charge is 0.300 e. The van der Waals surface area contributed by atoms with Crippen molar-refractivity contribution in [2.24, 2.45) is 34.8 Å². The Morgan fingerprint density at radius 1 is 0.767 bits per heavy atom. The maximum Gasteiger partial charge on any atom is 0.300 e. The Kier molecular flexibility index (Phi) is 26.5. The molecule has 0 saturated carbocycles. The van der Waals surface area contributed by atoms with E-state index in [0.717, 1.165) is 28.5 Å². The summed E-state index contributed by atoms with van der Waals surface area (Å²) in [5.41, 5.74) is 22.9. The molecule has 73 heavy (non-hydrogen) atoms. The van der Waals surface area contributed by atoms with Gasteiger partial charge in [0, 0.05) is 37.8 Å². The highest BCUT2D eigenvalue weighted by Gasteiger charge is 2.41. The third kappa shape index (κ3) is 21.5. The first-order chi connectivity index (χ1) is 34.3. The standard InChI is InChI=1S/C43H66N12O12S2.C2H4O2/c1-5-21(3)34(41(65)48-18-33(47)59)54-40(64)30-8-7-15-55(30)43(67)29-20-69-68-19-25(44)36(60)50-27(16-23-9-11-24(56)12-10-23)39(63)53-35(22(4)6-2)42(66)49-26(13-14-31(45)57)37(61)51-28(17-32(46)58)38(62)52-29;1-2(3)4/h9-12,21-22,25-30,34-35,56H,5-8,13-20,44H2,1-4H3,(H2,45,57)(H2,46,58)(H2,47,59)(H,48,65)(H,49,66)(H,50,60)(H,51,61)(H,52,62)(H,53,63)(H,54,64);1H3,(H,3,4)/t21-,22-,25-,26?,27?,28-,29?,30-,34-,35-;/m0./s1. The average molecular weight is 1070 g/mol. The van der Waals surface area contributed by atoms with Crippen LogP contribution in [0.3, 0.4) is 0 Å². The van der Waals surface area contributed by atoms with Crippen LogP contribution in [0.5, 0.6) is 5.75 Å². The van der Waals surface area contributed by atoms with Crippen LogP contribution in [-0.4, -0.2) is 159 Å². The van der Waals surface area contributed by atoms with Crippen molar-refractivity contribution in [1.82, 2.24) is 42.1 Å². The van der Waals surface area contributed by atoms with Crippen LogP contribution in [-0.2, 0) is 64.0 Å². The van der Waals surface area contributed by atoms with Gasteiger partial charge in [0.25, 0.3) is 5.97 Å². The van der Waals surface area contributed by atoms with Gasteiger partial charge in [-0.05, 0) is 48.8 Å². The second-order valence-corrected chi connectivity index (χ2v) is 20.2. The number of nitrogens with zero attached hydrogens (tertiary/aromatic N) is 1. The Labute approximate surface area is 430 Å². The molecular formula is C45H70N12O14S2. The van der Waals surface area contributed by atoms with Crippen molar-refractivity contribution in [3.63, 3.8) is 0 Å². The molecule has 0 aliphatic carbocycles. The predicted octanol–water partition coefficient (Wildman–Crippen LogP) is -3.52. The number of rotatable bonds is 17. The summed E-state index contributed by atoms with van der Waals surface area (Å²) in [4.78, 5) is 157. The number of amides is 11. The maximum atomic E-state index is 14.5. The van der Waals surface area contributed by atoms with E-state index in [1.165, 1.54) is 29.2 Å². The van der Waals surface area contributed by atoms with E-state index in [1.54, 1.807) is 27.7 Å². The van der Waals surface area contributed by atoms with Crippen molar-refractivity contribution in [2.45, 2.75) is 134 Å². The fourth-order valence-corrected chi connectivity index (χ4v) is 9.59. The molecule has 2 heterocycles. The van der Waals surface area contributed by atoms with E-state index in [0.29, 0.717) is 24.8 Å². The number of primary amides is 3.